The Labute approximate surface area is 99.2 Å². The predicted octanol–water partition coefficient (Wildman–Crippen LogP) is 2.80. The van der Waals surface area contributed by atoms with Gasteiger partial charge in [-0.1, -0.05) is 23.2 Å². The van der Waals surface area contributed by atoms with Crippen molar-refractivity contribution in [2.24, 2.45) is 0 Å². The number of rotatable bonds is 0. The summed E-state index contributed by atoms with van der Waals surface area (Å²) in [6.07, 6.45) is 0. The molecule has 0 amide bonds. The quantitative estimate of drug-likeness (QED) is 0.527. The van der Waals surface area contributed by atoms with Crippen LogP contribution in [0.2, 0.25) is 10.0 Å². The molecule has 0 nitrogen and oxygen atoms in total. The van der Waals surface area contributed by atoms with Crippen LogP contribution in [0.4, 0.5) is 0 Å². The first-order valence-electron chi connectivity index (χ1n) is 2.45. The summed E-state index contributed by atoms with van der Waals surface area (Å²) in [5, 5.41) is 0.980. The molecule has 0 bridgehead atoms. The van der Waals surface area contributed by atoms with E-state index in [9.17, 15) is 0 Å². The fourth-order valence-electron chi connectivity index (χ4n) is 0.515. The molecule has 0 aliphatic heterocycles. The molecule has 54 valence electrons. The largest absolute Gasteiger partial charge is 2.00 e. The van der Waals surface area contributed by atoms with Crippen molar-refractivity contribution in [3.63, 3.8) is 0 Å². The van der Waals surface area contributed by atoms with Gasteiger partial charge in [-0.15, -0.1) is 0 Å². The van der Waals surface area contributed by atoms with Gasteiger partial charge in [0.1, 0.15) is 0 Å². The molecule has 0 atom stereocenters. The maximum atomic E-state index is 5.66. The van der Waals surface area contributed by atoms with Crippen LogP contribution >= 0.6 is 23.2 Å². The van der Waals surface area contributed by atoms with Gasteiger partial charge in [0.05, 0.1) is 0 Å². The first kappa shape index (κ1) is 11.9. The standard InChI is InChI=1S/C6H4Cl2S2.Zn/c7-3-1-2-4(8)6(10)5(3)9;/h1-2,9-10H;/q;+2/p-2. The average molecular weight is 275 g/mol. The summed E-state index contributed by atoms with van der Waals surface area (Å²) in [7, 11) is 0. The van der Waals surface area contributed by atoms with E-state index in [4.69, 9.17) is 48.5 Å². The minimum atomic E-state index is 0. The van der Waals surface area contributed by atoms with Gasteiger partial charge in [-0.3, -0.25) is 0 Å². The molecule has 0 aliphatic rings. The Bertz CT molecular complexity index is 238. The molecule has 5 heteroatoms. The van der Waals surface area contributed by atoms with Crippen LogP contribution in [0, 0.1) is 0 Å². The number of hydrogen-bond donors (Lipinski definition) is 0. The second kappa shape index (κ2) is 4.78. The van der Waals surface area contributed by atoms with Gasteiger partial charge in [0.25, 0.3) is 0 Å². The van der Waals surface area contributed by atoms with Crippen molar-refractivity contribution >= 4 is 48.5 Å². The van der Waals surface area contributed by atoms with Crippen molar-refractivity contribution in [3.05, 3.63) is 22.2 Å². The zero-order valence-electron chi connectivity index (χ0n) is 5.43. The zero-order chi connectivity index (χ0) is 7.72. The fraction of sp³-hybridized carbons (Fsp3) is 0. The van der Waals surface area contributed by atoms with Gasteiger partial charge < -0.3 is 25.3 Å². The van der Waals surface area contributed by atoms with E-state index >= 15 is 0 Å². The molecule has 0 saturated carbocycles. The molecular weight excluding hydrogens is 272 g/mol. The Morgan fingerprint density at radius 1 is 0.909 bits per heavy atom. The van der Waals surface area contributed by atoms with Gasteiger partial charge in [-0.05, 0) is 12.1 Å². The smallest absolute Gasteiger partial charge is 0.780 e. The minimum Gasteiger partial charge on any atom is -0.780 e. The third-order valence-corrected chi connectivity index (χ3v) is 2.85. The molecule has 0 saturated heterocycles. The van der Waals surface area contributed by atoms with Crippen LogP contribution in [0.1, 0.15) is 0 Å². The molecule has 0 fully saturated rings. The molecule has 1 aromatic carbocycles. The van der Waals surface area contributed by atoms with E-state index in [1.54, 1.807) is 12.1 Å². The first-order chi connectivity index (χ1) is 4.63. The fourth-order valence-corrected chi connectivity index (χ4v) is 1.30. The summed E-state index contributed by atoms with van der Waals surface area (Å²) in [4.78, 5) is 0.924. The van der Waals surface area contributed by atoms with Crippen LogP contribution in [0.3, 0.4) is 0 Å². The van der Waals surface area contributed by atoms with Gasteiger partial charge in [0.2, 0.25) is 0 Å². The molecule has 0 radical (unpaired) electrons. The molecule has 0 N–H and O–H groups in total. The number of halogens is 2. The summed E-state index contributed by atoms with van der Waals surface area (Å²) in [6, 6.07) is 3.28. The van der Waals surface area contributed by atoms with Gasteiger partial charge >= 0.3 is 19.5 Å². The summed E-state index contributed by atoms with van der Waals surface area (Å²) in [6.45, 7) is 0. The molecule has 0 aliphatic carbocycles. The van der Waals surface area contributed by atoms with Gasteiger partial charge in [0.15, 0.2) is 0 Å². The minimum absolute atomic E-state index is 0. The van der Waals surface area contributed by atoms with E-state index in [-0.39, 0.29) is 19.5 Å². The average Bonchev–Trinajstić information content (AvgIpc) is 1.93. The summed E-state index contributed by atoms with van der Waals surface area (Å²) in [5.41, 5.74) is 0. The summed E-state index contributed by atoms with van der Waals surface area (Å²) in [5.74, 6) is 0. The second-order valence-electron chi connectivity index (χ2n) is 1.69. The number of benzene rings is 1. The van der Waals surface area contributed by atoms with Crippen molar-refractivity contribution in [1.82, 2.24) is 0 Å². The van der Waals surface area contributed by atoms with Crippen molar-refractivity contribution in [2.45, 2.75) is 9.79 Å². The molecule has 0 heterocycles. The Morgan fingerprint density at radius 3 is 1.45 bits per heavy atom. The monoisotopic (exact) mass is 272 g/mol. The molecule has 11 heavy (non-hydrogen) atoms. The van der Waals surface area contributed by atoms with Crippen molar-refractivity contribution in [2.75, 3.05) is 0 Å². The van der Waals surface area contributed by atoms with E-state index in [1.807, 2.05) is 0 Å². The van der Waals surface area contributed by atoms with E-state index in [2.05, 4.69) is 0 Å². The molecule has 0 aromatic heterocycles. The molecule has 0 spiro atoms. The van der Waals surface area contributed by atoms with Crippen LogP contribution in [0.15, 0.2) is 21.9 Å². The van der Waals surface area contributed by atoms with E-state index in [0.717, 1.165) is 0 Å². The maximum absolute atomic E-state index is 5.66. The Kier molecular flexibility index (Phi) is 5.16. The molecule has 1 aromatic rings. The van der Waals surface area contributed by atoms with Crippen molar-refractivity contribution in [3.8, 4) is 0 Å². The van der Waals surface area contributed by atoms with Crippen LogP contribution in [0.5, 0.6) is 0 Å². The normalized spacial score (nSPS) is 8.91. The van der Waals surface area contributed by atoms with Crippen molar-refractivity contribution in [1.29, 1.82) is 0 Å². The van der Waals surface area contributed by atoms with Crippen LogP contribution in [-0.2, 0) is 44.7 Å². The van der Waals surface area contributed by atoms with Crippen LogP contribution in [-0.4, -0.2) is 0 Å². The SMILES string of the molecule is [S-]c1c(Cl)ccc(Cl)c1[S-].[Zn+2]. The van der Waals surface area contributed by atoms with Crippen LogP contribution < -0.4 is 0 Å². The third kappa shape index (κ3) is 2.67. The predicted molar refractivity (Wildman–Crippen MR) is 47.7 cm³/mol. The first-order valence-corrected chi connectivity index (χ1v) is 4.02. The van der Waals surface area contributed by atoms with E-state index in [0.29, 0.717) is 19.8 Å². The third-order valence-electron chi connectivity index (χ3n) is 1.02. The Hall–Kier alpha value is 0.863. The Morgan fingerprint density at radius 2 is 1.18 bits per heavy atom. The van der Waals surface area contributed by atoms with Gasteiger partial charge in [0, 0.05) is 10.0 Å². The van der Waals surface area contributed by atoms with Crippen molar-refractivity contribution < 1.29 is 19.5 Å². The number of hydrogen-bond acceptors (Lipinski definition) is 2. The molecule has 0 unspecified atom stereocenters. The topological polar surface area (TPSA) is 0 Å². The summed E-state index contributed by atoms with van der Waals surface area (Å²) >= 11 is 21.0. The molecular formula is C6H2Cl2S2Zn. The van der Waals surface area contributed by atoms with Gasteiger partial charge in [-0.25, -0.2) is 0 Å². The van der Waals surface area contributed by atoms with Crippen LogP contribution in [0.25, 0.3) is 0 Å². The Balaban J connectivity index is 0.000001000. The zero-order valence-corrected chi connectivity index (χ0v) is 11.5. The van der Waals surface area contributed by atoms with E-state index in [1.165, 1.54) is 0 Å². The summed E-state index contributed by atoms with van der Waals surface area (Å²) < 4.78 is 0. The second-order valence-corrected chi connectivity index (χ2v) is 3.32. The molecule has 1 rings (SSSR count). The maximum Gasteiger partial charge on any atom is 2.00 e. The van der Waals surface area contributed by atoms with E-state index < -0.39 is 0 Å². The van der Waals surface area contributed by atoms with Gasteiger partial charge in [-0.2, -0.15) is 9.79 Å².